The number of aromatic nitrogens is 3. The topological polar surface area (TPSA) is 71.1 Å². The van der Waals surface area contributed by atoms with Crippen molar-refractivity contribution in [3.63, 3.8) is 0 Å². The molecule has 3 aromatic heterocycles. The van der Waals surface area contributed by atoms with Crippen LogP contribution in [0, 0.1) is 0 Å². The Hall–Kier alpha value is -2.51. The number of pyridine rings is 1. The molecule has 0 spiro atoms. The Balaban J connectivity index is 1.41. The zero-order chi connectivity index (χ0) is 19.8. The molecule has 2 fully saturated rings. The Bertz CT molecular complexity index is 971. The summed E-state index contributed by atoms with van der Waals surface area (Å²) in [5.74, 6) is 0.134. The van der Waals surface area contributed by atoms with Crippen molar-refractivity contribution in [2.24, 2.45) is 0 Å². The van der Waals surface area contributed by atoms with Crippen LogP contribution < -0.4 is 0 Å². The molecule has 0 radical (unpaired) electrons. The average Bonchev–Trinajstić information content (AvgIpc) is 3.48. The van der Waals surface area contributed by atoms with E-state index in [2.05, 4.69) is 26.1 Å². The molecule has 0 aromatic carbocycles. The monoisotopic (exact) mass is 408 g/mol. The van der Waals surface area contributed by atoms with Gasteiger partial charge in [-0.05, 0) is 38.0 Å². The molecule has 29 heavy (non-hydrogen) atoms. The standard InChI is InChI=1S/C22H24N4O2S/c1-2-28-22(20-5-3-4-8-23-20)10-17-6-7-18(11-22)26(17)21(27)15-9-19(29-14-15)16-12-24-25-13-16/h3-5,8-9,12-14,17-18H,2,6-7,10-11H2,1H3,(H,24,25). The Morgan fingerprint density at radius 2 is 2.17 bits per heavy atom. The van der Waals surface area contributed by atoms with Crippen LogP contribution >= 0.6 is 11.3 Å². The van der Waals surface area contributed by atoms with Gasteiger partial charge < -0.3 is 9.64 Å². The largest absolute Gasteiger partial charge is 0.369 e. The van der Waals surface area contributed by atoms with Gasteiger partial charge in [0.15, 0.2) is 0 Å². The van der Waals surface area contributed by atoms with Gasteiger partial charge >= 0.3 is 0 Å². The third kappa shape index (κ3) is 3.18. The lowest BCUT2D eigenvalue weighted by Gasteiger charge is -2.46. The molecule has 2 aliphatic heterocycles. The molecule has 2 atom stereocenters. The number of nitrogens with zero attached hydrogens (tertiary/aromatic N) is 3. The van der Waals surface area contributed by atoms with Gasteiger partial charge in [-0.2, -0.15) is 5.10 Å². The number of carbonyl (C=O) groups excluding carboxylic acids is 1. The van der Waals surface area contributed by atoms with E-state index in [0.29, 0.717) is 6.61 Å². The Labute approximate surface area is 173 Å². The van der Waals surface area contributed by atoms with Gasteiger partial charge in [-0.25, -0.2) is 0 Å². The fraction of sp³-hybridized carbons (Fsp3) is 0.409. The summed E-state index contributed by atoms with van der Waals surface area (Å²) in [6, 6.07) is 8.37. The van der Waals surface area contributed by atoms with Crippen molar-refractivity contribution in [3.8, 4) is 10.4 Å². The molecular weight excluding hydrogens is 384 g/mol. The van der Waals surface area contributed by atoms with Crippen molar-refractivity contribution in [2.75, 3.05) is 6.61 Å². The first-order valence-electron chi connectivity index (χ1n) is 10.2. The highest BCUT2D eigenvalue weighted by atomic mass is 32.1. The van der Waals surface area contributed by atoms with Crippen LogP contribution in [-0.4, -0.2) is 44.7 Å². The Kier molecular flexibility index (Phi) is 4.72. The van der Waals surface area contributed by atoms with Crippen LogP contribution in [0.5, 0.6) is 0 Å². The number of carbonyl (C=O) groups is 1. The summed E-state index contributed by atoms with van der Waals surface area (Å²) >= 11 is 1.59. The van der Waals surface area contributed by atoms with E-state index in [4.69, 9.17) is 4.74 Å². The minimum absolute atomic E-state index is 0.134. The maximum atomic E-state index is 13.4. The van der Waals surface area contributed by atoms with Gasteiger partial charge in [0.2, 0.25) is 0 Å². The third-order valence-electron chi connectivity index (χ3n) is 6.17. The average molecular weight is 409 g/mol. The van der Waals surface area contributed by atoms with Gasteiger partial charge in [0.1, 0.15) is 5.60 Å². The summed E-state index contributed by atoms with van der Waals surface area (Å²) in [7, 11) is 0. The number of hydrogen-bond donors (Lipinski definition) is 1. The summed E-state index contributed by atoms with van der Waals surface area (Å²) in [6.45, 7) is 2.68. The molecule has 5 rings (SSSR count). The van der Waals surface area contributed by atoms with E-state index in [1.54, 1.807) is 17.5 Å². The van der Waals surface area contributed by atoms with Crippen molar-refractivity contribution >= 4 is 17.2 Å². The van der Waals surface area contributed by atoms with E-state index < -0.39 is 5.60 Å². The van der Waals surface area contributed by atoms with Crippen LogP contribution in [0.2, 0.25) is 0 Å². The van der Waals surface area contributed by atoms with Crippen molar-refractivity contribution in [2.45, 2.75) is 50.3 Å². The van der Waals surface area contributed by atoms with Gasteiger partial charge in [0.05, 0.1) is 17.5 Å². The van der Waals surface area contributed by atoms with Gasteiger partial charge in [0, 0.05) is 59.7 Å². The first kappa shape index (κ1) is 18.5. The van der Waals surface area contributed by atoms with Crippen molar-refractivity contribution in [1.29, 1.82) is 0 Å². The number of piperidine rings is 1. The maximum absolute atomic E-state index is 13.4. The lowest BCUT2D eigenvalue weighted by atomic mass is 9.82. The van der Waals surface area contributed by atoms with Gasteiger partial charge in [0.25, 0.3) is 5.91 Å². The van der Waals surface area contributed by atoms with Gasteiger partial charge in [-0.15, -0.1) is 11.3 Å². The number of aromatic amines is 1. The summed E-state index contributed by atoms with van der Waals surface area (Å²) in [5, 5.41) is 8.80. The van der Waals surface area contributed by atoms with Crippen molar-refractivity contribution in [1.82, 2.24) is 20.1 Å². The fourth-order valence-corrected chi connectivity index (χ4v) is 5.85. The molecule has 0 aliphatic carbocycles. The minimum atomic E-state index is -0.394. The maximum Gasteiger partial charge on any atom is 0.255 e. The van der Waals surface area contributed by atoms with Crippen LogP contribution in [0.25, 0.3) is 10.4 Å². The predicted octanol–water partition coefficient (Wildman–Crippen LogP) is 4.23. The second-order valence-corrected chi connectivity index (χ2v) is 8.75. The summed E-state index contributed by atoms with van der Waals surface area (Å²) in [6.07, 6.45) is 9.13. The van der Waals surface area contributed by atoms with Crippen LogP contribution in [0.4, 0.5) is 0 Å². The normalized spacial score (nSPS) is 26.0. The molecule has 150 valence electrons. The number of thiophene rings is 1. The molecule has 7 heteroatoms. The molecule has 2 bridgehead atoms. The molecule has 2 unspecified atom stereocenters. The number of nitrogens with one attached hydrogen (secondary N) is 1. The molecule has 2 saturated heterocycles. The van der Waals surface area contributed by atoms with Gasteiger partial charge in [-0.1, -0.05) is 6.07 Å². The number of H-pyrrole nitrogens is 1. The molecule has 5 heterocycles. The van der Waals surface area contributed by atoms with Crippen molar-refractivity contribution in [3.05, 3.63) is 59.5 Å². The number of amides is 1. The highest BCUT2D eigenvalue weighted by Gasteiger charge is 2.52. The van der Waals surface area contributed by atoms with E-state index in [9.17, 15) is 4.79 Å². The van der Waals surface area contributed by atoms with E-state index >= 15 is 0 Å². The van der Waals surface area contributed by atoms with E-state index in [0.717, 1.165) is 47.4 Å². The number of fused-ring (bicyclic) bond motifs is 2. The molecular formula is C22H24N4O2S. The lowest BCUT2D eigenvalue weighted by Crippen LogP contribution is -2.53. The van der Waals surface area contributed by atoms with Crippen LogP contribution in [0.15, 0.2) is 48.2 Å². The summed E-state index contributed by atoms with van der Waals surface area (Å²) < 4.78 is 6.32. The molecule has 1 amide bonds. The van der Waals surface area contributed by atoms with E-state index in [1.807, 2.05) is 42.9 Å². The third-order valence-corrected chi connectivity index (χ3v) is 7.15. The molecule has 0 saturated carbocycles. The SMILES string of the molecule is CCOC1(c2ccccn2)CC2CCC(C1)N2C(=O)c1csc(-c2cn[nH]c2)c1. The second kappa shape index (κ2) is 7.39. The van der Waals surface area contributed by atoms with Gasteiger partial charge in [-0.3, -0.25) is 14.9 Å². The highest BCUT2D eigenvalue weighted by Crippen LogP contribution is 2.48. The first-order valence-corrected chi connectivity index (χ1v) is 11.0. The lowest BCUT2D eigenvalue weighted by molar-refractivity contribution is -0.101. The number of hydrogen-bond acceptors (Lipinski definition) is 5. The zero-order valence-corrected chi connectivity index (χ0v) is 17.2. The summed E-state index contributed by atoms with van der Waals surface area (Å²) in [5.41, 5.74) is 2.38. The first-order chi connectivity index (χ1) is 14.2. The van der Waals surface area contributed by atoms with Crippen LogP contribution in [0.1, 0.15) is 48.7 Å². The quantitative estimate of drug-likeness (QED) is 0.686. The second-order valence-electron chi connectivity index (χ2n) is 7.83. The molecule has 6 nitrogen and oxygen atoms in total. The Morgan fingerprint density at radius 1 is 1.34 bits per heavy atom. The minimum Gasteiger partial charge on any atom is -0.369 e. The number of rotatable bonds is 5. The highest BCUT2D eigenvalue weighted by molar-refractivity contribution is 7.13. The van der Waals surface area contributed by atoms with E-state index in [-0.39, 0.29) is 18.0 Å². The van der Waals surface area contributed by atoms with Crippen LogP contribution in [0.3, 0.4) is 0 Å². The zero-order valence-electron chi connectivity index (χ0n) is 16.4. The smallest absolute Gasteiger partial charge is 0.255 e. The molecule has 3 aromatic rings. The van der Waals surface area contributed by atoms with Crippen LogP contribution in [-0.2, 0) is 10.3 Å². The summed E-state index contributed by atoms with van der Waals surface area (Å²) in [4.78, 5) is 21.2. The van der Waals surface area contributed by atoms with E-state index in [1.165, 1.54) is 0 Å². The number of ether oxygens (including phenoxy) is 1. The molecule has 2 aliphatic rings. The fourth-order valence-electron chi connectivity index (χ4n) is 4.98. The Morgan fingerprint density at radius 3 is 2.83 bits per heavy atom. The predicted molar refractivity (Wildman–Crippen MR) is 112 cm³/mol. The van der Waals surface area contributed by atoms with Crippen molar-refractivity contribution < 1.29 is 9.53 Å². The molecule has 1 N–H and O–H groups in total.